The highest BCUT2D eigenvalue weighted by atomic mass is 16.3. The maximum absolute atomic E-state index is 9.39. The summed E-state index contributed by atoms with van der Waals surface area (Å²) in [6, 6.07) is 11.2. The van der Waals surface area contributed by atoms with E-state index in [4.69, 9.17) is 0 Å². The van der Waals surface area contributed by atoms with Gasteiger partial charge in [0.1, 0.15) is 0 Å². The number of aliphatic hydroxyl groups is 1. The molecule has 16 heavy (non-hydrogen) atoms. The Hall–Kier alpha value is -0.860. The topological polar surface area (TPSA) is 32.3 Å². The first-order valence-corrected chi connectivity index (χ1v) is 6.29. The Morgan fingerprint density at radius 1 is 1.19 bits per heavy atom. The molecule has 0 radical (unpaired) electrons. The molecule has 1 aromatic carbocycles. The van der Waals surface area contributed by atoms with Gasteiger partial charge in [0.05, 0.1) is 6.61 Å². The van der Waals surface area contributed by atoms with E-state index in [-0.39, 0.29) is 12.6 Å². The molecule has 2 heteroatoms. The van der Waals surface area contributed by atoms with Gasteiger partial charge in [0.25, 0.3) is 0 Å². The molecule has 0 aliphatic heterocycles. The van der Waals surface area contributed by atoms with Crippen molar-refractivity contribution in [3.8, 4) is 0 Å². The van der Waals surface area contributed by atoms with Crippen molar-refractivity contribution in [1.29, 1.82) is 0 Å². The third kappa shape index (κ3) is 3.32. The van der Waals surface area contributed by atoms with Crippen molar-refractivity contribution in [2.75, 3.05) is 6.61 Å². The number of benzene rings is 1. The maximum Gasteiger partial charge on any atom is 0.0587 e. The molecule has 0 aromatic heterocycles. The fraction of sp³-hybridized carbons (Fsp3) is 0.571. The van der Waals surface area contributed by atoms with Crippen molar-refractivity contribution in [3.63, 3.8) is 0 Å². The quantitative estimate of drug-likeness (QED) is 0.795. The van der Waals surface area contributed by atoms with Gasteiger partial charge < -0.3 is 10.4 Å². The Labute approximate surface area is 97.7 Å². The highest BCUT2D eigenvalue weighted by Gasteiger charge is 2.18. The van der Waals surface area contributed by atoms with E-state index in [9.17, 15) is 5.11 Å². The van der Waals surface area contributed by atoms with E-state index < -0.39 is 0 Å². The van der Waals surface area contributed by atoms with Crippen molar-refractivity contribution in [3.05, 3.63) is 35.9 Å². The zero-order valence-corrected chi connectivity index (χ0v) is 9.73. The first-order valence-electron chi connectivity index (χ1n) is 6.29. The first kappa shape index (κ1) is 11.6. The summed E-state index contributed by atoms with van der Waals surface area (Å²) in [6.07, 6.45) is 6.13. The average molecular weight is 219 g/mol. The Balaban J connectivity index is 1.85. The predicted molar refractivity (Wildman–Crippen MR) is 66.4 cm³/mol. The second kappa shape index (κ2) is 6.02. The molecule has 1 fully saturated rings. The summed E-state index contributed by atoms with van der Waals surface area (Å²) in [7, 11) is 0. The molecule has 2 rings (SSSR count). The molecule has 1 aliphatic carbocycles. The summed E-state index contributed by atoms with van der Waals surface area (Å²) < 4.78 is 0. The third-order valence-corrected chi connectivity index (χ3v) is 3.37. The van der Waals surface area contributed by atoms with Gasteiger partial charge in [-0.25, -0.2) is 0 Å². The molecule has 0 bridgehead atoms. The Morgan fingerprint density at radius 2 is 1.88 bits per heavy atom. The summed E-state index contributed by atoms with van der Waals surface area (Å²) in [5, 5.41) is 12.9. The molecule has 1 aromatic rings. The Bertz CT molecular complexity index is 293. The van der Waals surface area contributed by atoms with Crippen LogP contribution in [0.1, 0.15) is 31.2 Å². The highest BCUT2D eigenvalue weighted by molar-refractivity contribution is 5.16. The molecule has 0 saturated heterocycles. The van der Waals surface area contributed by atoms with Crippen LogP contribution in [0.4, 0.5) is 0 Å². The van der Waals surface area contributed by atoms with Crippen LogP contribution in [0.2, 0.25) is 0 Å². The molecule has 2 N–H and O–H groups in total. The van der Waals surface area contributed by atoms with E-state index >= 15 is 0 Å². The summed E-state index contributed by atoms with van der Waals surface area (Å²) in [5.41, 5.74) is 1.30. The van der Waals surface area contributed by atoms with Gasteiger partial charge in [-0.3, -0.25) is 0 Å². The molecule has 1 saturated carbocycles. The van der Waals surface area contributed by atoms with Crippen LogP contribution in [0.5, 0.6) is 0 Å². The van der Waals surface area contributed by atoms with Crippen LogP contribution in [0, 0.1) is 0 Å². The SMILES string of the molecule is OCC(Cc1ccccc1)NC1CCCC1. The zero-order valence-electron chi connectivity index (χ0n) is 9.73. The van der Waals surface area contributed by atoms with Crippen molar-refractivity contribution >= 4 is 0 Å². The number of rotatable bonds is 5. The minimum Gasteiger partial charge on any atom is -0.395 e. The van der Waals surface area contributed by atoms with E-state index in [0.717, 1.165) is 6.42 Å². The van der Waals surface area contributed by atoms with Crippen LogP contribution in [-0.4, -0.2) is 23.8 Å². The standard InChI is InChI=1S/C14H21NO/c16-11-14(15-13-8-4-5-9-13)10-12-6-2-1-3-7-12/h1-3,6-7,13-16H,4-5,8-11H2. The zero-order chi connectivity index (χ0) is 11.2. The number of hydrogen-bond donors (Lipinski definition) is 2. The number of aliphatic hydroxyl groups excluding tert-OH is 1. The largest absolute Gasteiger partial charge is 0.395 e. The van der Waals surface area contributed by atoms with Gasteiger partial charge >= 0.3 is 0 Å². The van der Waals surface area contributed by atoms with E-state index in [2.05, 4.69) is 29.6 Å². The van der Waals surface area contributed by atoms with Crippen molar-refractivity contribution in [2.24, 2.45) is 0 Å². The van der Waals surface area contributed by atoms with Crippen molar-refractivity contribution < 1.29 is 5.11 Å². The summed E-state index contributed by atoms with van der Waals surface area (Å²) in [6.45, 7) is 0.228. The van der Waals surface area contributed by atoms with E-state index in [1.807, 2.05) is 6.07 Å². The molecule has 1 atom stereocenters. The van der Waals surface area contributed by atoms with Gasteiger partial charge in [-0.1, -0.05) is 43.2 Å². The molecular weight excluding hydrogens is 198 g/mol. The summed E-state index contributed by atoms with van der Waals surface area (Å²) in [5.74, 6) is 0. The minimum atomic E-state index is 0.213. The summed E-state index contributed by atoms with van der Waals surface area (Å²) in [4.78, 5) is 0. The van der Waals surface area contributed by atoms with Gasteiger partial charge in [0.2, 0.25) is 0 Å². The molecule has 0 spiro atoms. The molecule has 0 heterocycles. The van der Waals surface area contributed by atoms with Crippen molar-refractivity contribution in [2.45, 2.75) is 44.2 Å². The highest BCUT2D eigenvalue weighted by Crippen LogP contribution is 2.18. The monoisotopic (exact) mass is 219 g/mol. The Kier molecular flexibility index (Phi) is 4.37. The smallest absolute Gasteiger partial charge is 0.0587 e. The van der Waals surface area contributed by atoms with Crippen LogP contribution in [0.3, 0.4) is 0 Å². The lowest BCUT2D eigenvalue weighted by Crippen LogP contribution is -2.40. The lowest BCUT2D eigenvalue weighted by molar-refractivity contribution is 0.230. The van der Waals surface area contributed by atoms with Crippen molar-refractivity contribution in [1.82, 2.24) is 5.32 Å². The molecule has 2 nitrogen and oxygen atoms in total. The summed E-state index contributed by atoms with van der Waals surface area (Å²) >= 11 is 0. The lowest BCUT2D eigenvalue weighted by atomic mass is 10.1. The van der Waals surface area contributed by atoms with Crippen LogP contribution in [-0.2, 0) is 6.42 Å². The number of nitrogens with one attached hydrogen (secondary N) is 1. The van der Waals surface area contributed by atoms with E-state index in [1.54, 1.807) is 0 Å². The minimum absolute atomic E-state index is 0.213. The molecule has 1 unspecified atom stereocenters. The van der Waals surface area contributed by atoms with Gasteiger partial charge in [-0.05, 0) is 24.8 Å². The predicted octanol–water partition coefficient (Wildman–Crippen LogP) is 2.12. The van der Waals surface area contributed by atoms with Gasteiger partial charge in [0.15, 0.2) is 0 Å². The van der Waals surface area contributed by atoms with Crippen LogP contribution < -0.4 is 5.32 Å². The van der Waals surface area contributed by atoms with Crippen LogP contribution >= 0.6 is 0 Å². The molecular formula is C14H21NO. The van der Waals surface area contributed by atoms with Gasteiger partial charge in [-0.15, -0.1) is 0 Å². The van der Waals surface area contributed by atoms with Gasteiger partial charge in [0, 0.05) is 12.1 Å². The molecule has 88 valence electrons. The molecule has 1 aliphatic rings. The average Bonchev–Trinajstić information content (AvgIpc) is 2.82. The fourth-order valence-corrected chi connectivity index (χ4v) is 2.50. The third-order valence-electron chi connectivity index (χ3n) is 3.37. The van der Waals surface area contributed by atoms with Gasteiger partial charge in [-0.2, -0.15) is 0 Å². The lowest BCUT2D eigenvalue weighted by Gasteiger charge is -2.21. The second-order valence-corrected chi connectivity index (χ2v) is 4.72. The normalized spacial score (nSPS) is 18.8. The first-order chi connectivity index (χ1) is 7.88. The fourth-order valence-electron chi connectivity index (χ4n) is 2.50. The Morgan fingerprint density at radius 3 is 2.50 bits per heavy atom. The molecule has 0 amide bonds. The van der Waals surface area contributed by atoms with E-state index in [1.165, 1.54) is 31.2 Å². The van der Waals surface area contributed by atoms with Crippen LogP contribution in [0.25, 0.3) is 0 Å². The second-order valence-electron chi connectivity index (χ2n) is 4.72. The van der Waals surface area contributed by atoms with E-state index in [0.29, 0.717) is 6.04 Å². The number of hydrogen-bond acceptors (Lipinski definition) is 2. The maximum atomic E-state index is 9.39. The van der Waals surface area contributed by atoms with Crippen LogP contribution in [0.15, 0.2) is 30.3 Å².